The second kappa shape index (κ2) is 10.8. The summed E-state index contributed by atoms with van der Waals surface area (Å²) >= 11 is 0. The molecule has 0 fully saturated rings. The molecule has 4 nitrogen and oxygen atoms in total. The molecule has 0 aliphatic heterocycles. The van der Waals surface area contributed by atoms with Crippen LogP contribution in [0, 0.1) is 6.92 Å². The van der Waals surface area contributed by atoms with E-state index in [1.165, 1.54) is 44.2 Å². The highest BCUT2D eigenvalue weighted by Gasteiger charge is 2.30. The van der Waals surface area contributed by atoms with Crippen LogP contribution >= 0.6 is 0 Å². The van der Waals surface area contributed by atoms with Gasteiger partial charge in [0.05, 0.1) is 13.2 Å². The fourth-order valence-electron chi connectivity index (χ4n) is 6.44. The van der Waals surface area contributed by atoms with Gasteiger partial charge in [-0.15, -0.1) is 0 Å². The molecular formula is C38H42N3O+. The largest absolute Gasteiger partial charge is 0.491 e. The molecule has 0 saturated heterocycles. The summed E-state index contributed by atoms with van der Waals surface area (Å²) < 4.78 is 13.5. The number of benzene rings is 4. The van der Waals surface area contributed by atoms with Crippen molar-refractivity contribution in [2.75, 3.05) is 0 Å². The molecule has 6 rings (SSSR count). The van der Waals surface area contributed by atoms with Crippen molar-refractivity contribution in [1.82, 2.24) is 9.13 Å². The fraction of sp³-hybridized carbons (Fsp3) is 0.289. The number of para-hydroxylation sites is 2. The quantitative estimate of drug-likeness (QED) is 0.180. The molecule has 0 N–H and O–H groups in total. The topological polar surface area (TPSA) is 23.0 Å². The maximum Gasteiger partial charge on any atom is 0.266 e. The van der Waals surface area contributed by atoms with Crippen LogP contribution in [0.15, 0.2) is 91.1 Å². The van der Waals surface area contributed by atoms with E-state index in [4.69, 9.17) is 4.74 Å². The predicted molar refractivity (Wildman–Crippen MR) is 175 cm³/mol. The lowest BCUT2D eigenvalue weighted by atomic mass is 9.92. The second-order valence-electron chi connectivity index (χ2n) is 12.3. The SMILES string of the molecule is Cc1c(OC(C)C)ccc2c3ccccc3n(-c3cn(-c4c(C(C)C)cccc4C(C)C)c(-c4ccccc4)[n+]3C)c12. The number of hydrogen-bond acceptors (Lipinski definition) is 1. The van der Waals surface area contributed by atoms with E-state index in [2.05, 4.69) is 160 Å². The minimum absolute atomic E-state index is 0.0999. The van der Waals surface area contributed by atoms with Gasteiger partial charge >= 0.3 is 0 Å². The van der Waals surface area contributed by atoms with E-state index in [0.29, 0.717) is 11.8 Å². The smallest absolute Gasteiger partial charge is 0.266 e. The van der Waals surface area contributed by atoms with Gasteiger partial charge in [0.2, 0.25) is 5.82 Å². The summed E-state index contributed by atoms with van der Waals surface area (Å²) in [7, 11) is 2.20. The van der Waals surface area contributed by atoms with Crippen molar-refractivity contribution in [3.8, 4) is 28.6 Å². The maximum atomic E-state index is 6.30. The van der Waals surface area contributed by atoms with Gasteiger partial charge in [0, 0.05) is 21.9 Å². The number of imidazole rings is 1. The Hall–Kier alpha value is -4.31. The minimum atomic E-state index is 0.0999. The summed E-state index contributed by atoms with van der Waals surface area (Å²) in [5, 5.41) is 2.48. The number of ether oxygens (including phenoxy) is 1. The Labute approximate surface area is 249 Å². The summed E-state index contributed by atoms with van der Waals surface area (Å²) in [6.07, 6.45) is 2.44. The zero-order chi connectivity index (χ0) is 29.7. The number of rotatable bonds is 7. The lowest BCUT2D eigenvalue weighted by Crippen LogP contribution is -2.34. The molecule has 4 heteroatoms. The first-order chi connectivity index (χ1) is 20.2. The van der Waals surface area contributed by atoms with E-state index in [0.717, 1.165) is 23.0 Å². The number of aromatic nitrogens is 3. The molecule has 6 aromatic rings. The van der Waals surface area contributed by atoms with Crippen molar-refractivity contribution < 1.29 is 9.30 Å². The molecule has 214 valence electrons. The predicted octanol–water partition coefficient (Wildman–Crippen LogP) is 9.41. The highest BCUT2D eigenvalue weighted by atomic mass is 16.5. The molecular weight excluding hydrogens is 514 g/mol. The van der Waals surface area contributed by atoms with Crippen LogP contribution in [0.2, 0.25) is 0 Å². The molecule has 0 saturated carbocycles. The molecule has 0 bridgehead atoms. The summed E-state index contributed by atoms with van der Waals surface area (Å²) in [4.78, 5) is 0. The van der Waals surface area contributed by atoms with E-state index in [1.54, 1.807) is 0 Å². The highest BCUT2D eigenvalue weighted by molar-refractivity contribution is 6.10. The number of hydrogen-bond donors (Lipinski definition) is 0. The first-order valence-corrected chi connectivity index (χ1v) is 15.2. The van der Waals surface area contributed by atoms with Crippen molar-refractivity contribution in [3.05, 3.63) is 108 Å². The van der Waals surface area contributed by atoms with Crippen molar-refractivity contribution in [2.24, 2.45) is 7.05 Å². The van der Waals surface area contributed by atoms with Crippen LogP contribution < -0.4 is 9.30 Å². The molecule has 0 aliphatic carbocycles. The Kier molecular flexibility index (Phi) is 7.18. The van der Waals surface area contributed by atoms with Gasteiger partial charge in [-0.2, -0.15) is 0 Å². The number of aryl methyl sites for hydroxylation is 1. The van der Waals surface area contributed by atoms with Gasteiger partial charge in [0.1, 0.15) is 28.7 Å². The molecule has 0 unspecified atom stereocenters. The van der Waals surface area contributed by atoms with Crippen molar-refractivity contribution >= 4 is 21.8 Å². The molecule has 0 amide bonds. The summed E-state index contributed by atoms with van der Waals surface area (Å²) in [5.74, 6) is 3.95. The zero-order valence-corrected chi connectivity index (χ0v) is 26.1. The molecule has 0 spiro atoms. The van der Waals surface area contributed by atoms with Crippen LogP contribution in [0.5, 0.6) is 5.75 Å². The van der Waals surface area contributed by atoms with Crippen LogP contribution in [0.4, 0.5) is 0 Å². The van der Waals surface area contributed by atoms with Gasteiger partial charge in [0.25, 0.3) is 5.82 Å². The van der Waals surface area contributed by atoms with Crippen molar-refractivity contribution in [3.63, 3.8) is 0 Å². The normalized spacial score (nSPS) is 12.0. The molecule has 2 aromatic heterocycles. The van der Waals surface area contributed by atoms with Gasteiger partial charge < -0.3 is 4.74 Å². The molecule has 0 aliphatic rings. The Morgan fingerprint density at radius 1 is 0.690 bits per heavy atom. The van der Waals surface area contributed by atoms with Gasteiger partial charge in [-0.1, -0.05) is 82.3 Å². The third-order valence-corrected chi connectivity index (χ3v) is 8.38. The molecule has 0 radical (unpaired) electrons. The Balaban J connectivity index is 1.77. The monoisotopic (exact) mass is 556 g/mol. The van der Waals surface area contributed by atoms with E-state index in [1.807, 2.05) is 0 Å². The lowest BCUT2D eigenvalue weighted by molar-refractivity contribution is -0.653. The molecule has 42 heavy (non-hydrogen) atoms. The average Bonchev–Trinajstić information content (AvgIpc) is 3.49. The van der Waals surface area contributed by atoms with Crippen LogP contribution in [-0.4, -0.2) is 15.2 Å². The Morgan fingerprint density at radius 3 is 1.98 bits per heavy atom. The summed E-state index contributed by atoms with van der Waals surface area (Å²) in [6.45, 7) is 15.5. The van der Waals surface area contributed by atoms with Gasteiger partial charge in [-0.05, 0) is 74.1 Å². The van der Waals surface area contributed by atoms with E-state index < -0.39 is 0 Å². The Bertz CT molecular complexity index is 1880. The Morgan fingerprint density at radius 2 is 1.33 bits per heavy atom. The number of nitrogens with zero attached hydrogens (tertiary/aromatic N) is 3. The average molecular weight is 557 g/mol. The minimum Gasteiger partial charge on any atom is -0.491 e. The molecule has 2 heterocycles. The standard InChI is InChI=1S/C38H42N3O/c1-24(2)29-18-14-19-30(25(3)4)37(29)40-23-35(39(8)38(40)28-15-10-9-11-16-28)41-33-20-13-12-17-31(33)32-21-22-34(42-26(5)6)27(7)36(32)41/h9-26H,1-8H3/q+1. The third-order valence-electron chi connectivity index (χ3n) is 8.38. The molecule has 0 atom stereocenters. The van der Waals surface area contributed by atoms with Crippen molar-refractivity contribution in [1.29, 1.82) is 0 Å². The highest BCUT2D eigenvalue weighted by Crippen LogP contribution is 2.39. The lowest BCUT2D eigenvalue weighted by Gasteiger charge is -2.19. The van der Waals surface area contributed by atoms with Crippen LogP contribution in [0.25, 0.3) is 44.7 Å². The first kappa shape index (κ1) is 27.8. The molecule has 4 aromatic carbocycles. The van der Waals surface area contributed by atoms with E-state index >= 15 is 0 Å². The maximum absolute atomic E-state index is 6.30. The van der Waals surface area contributed by atoms with Gasteiger partial charge in [-0.3, -0.25) is 0 Å². The van der Waals surface area contributed by atoms with Crippen LogP contribution in [-0.2, 0) is 7.05 Å². The third kappa shape index (κ3) is 4.50. The van der Waals surface area contributed by atoms with E-state index in [9.17, 15) is 0 Å². The van der Waals surface area contributed by atoms with E-state index in [-0.39, 0.29) is 6.10 Å². The number of fused-ring (bicyclic) bond motifs is 3. The van der Waals surface area contributed by atoms with Crippen molar-refractivity contribution in [2.45, 2.75) is 66.4 Å². The van der Waals surface area contributed by atoms with Crippen LogP contribution in [0.3, 0.4) is 0 Å². The second-order valence-corrected chi connectivity index (χ2v) is 12.3. The first-order valence-electron chi connectivity index (χ1n) is 15.2. The van der Waals surface area contributed by atoms with Gasteiger partial charge in [0.15, 0.2) is 0 Å². The summed E-state index contributed by atoms with van der Waals surface area (Å²) in [6, 6.07) is 30.7. The fourth-order valence-corrected chi connectivity index (χ4v) is 6.44. The summed E-state index contributed by atoms with van der Waals surface area (Å²) in [5.41, 5.74) is 8.69. The van der Waals surface area contributed by atoms with Gasteiger partial charge in [-0.25, -0.2) is 13.7 Å². The zero-order valence-electron chi connectivity index (χ0n) is 26.1. The van der Waals surface area contributed by atoms with Crippen LogP contribution in [0.1, 0.15) is 70.1 Å².